The van der Waals surface area contributed by atoms with Crippen molar-refractivity contribution in [2.45, 2.75) is 34.6 Å². The summed E-state index contributed by atoms with van der Waals surface area (Å²) in [5, 5.41) is 3.18. The van der Waals surface area contributed by atoms with Crippen LogP contribution in [-0.4, -0.2) is 28.1 Å². The standard InChI is InChI=1S/C12H23N5O/c1-6-18-11-16-9(13)15-10(17-11)14-7-12(4,5)8(2)3/h8H,6-7H2,1-5H3,(H3,13,14,15,16,17). The third kappa shape index (κ3) is 4.01. The van der Waals surface area contributed by atoms with Gasteiger partial charge in [0.1, 0.15) is 0 Å². The van der Waals surface area contributed by atoms with Gasteiger partial charge in [0.2, 0.25) is 11.9 Å². The van der Waals surface area contributed by atoms with E-state index < -0.39 is 0 Å². The van der Waals surface area contributed by atoms with Crippen LogP contribution in [0.4, 0.5) is 11.9 Å². The van der Waals surface area contributed by atoms with Crippen molar-refractivity contribution in [2.24, 2.45) is 11.3 Å². The SMILES string of the molecule is CCOc1nc(N)nc(NCC(C)(C)C(C)C)n1. The summed E-state index contributed by atoms with van der Waals surface area (Å²) >= 11 is 0. The Morgan fingerprint density at radius 2 is 1.94 bits per heavy atom. The molecule has 102 valence electrons. The zero-order valence-corrected chi connectivity index (χ0v) is 11.8. The highest BCUT2D eigenvalue weighted by atomic mass is 16.5. The van der Waals surface area contributed by atoms with E-state index in [2.05, 4.69) is 48.0 Å². The lowest BCUT2D eigenvalue weighted by molar-refractivity contribution is 0.268. The average molecular weight is 253 g/mol. The van der Waals surface area contributed by atoms with Crippen molar-refractivity contribution < 1.29 is 4.74 Å². The van der Waals surface area contributed by atoms with Crippen LogP contribution in [0.2, 0.25) is 0 Å². The molecular weight excluding hydrogens is 230 g/mol. The molecule has 0 fully saturated rings. The van der Waals surface area contributed by atoms with E-state index in [1.54, 1.807) is 0 Å². The minimum atomic E-state index is 0.146. The summed E-state index contributed by atoms with van der Waals surface area (Å²) < 4.78 is 5.22. The molecule has 0 spiro atoms. The summed E-state index contributed by atoms with van der Waals surface area (Å²) in [6, 6.07) is 0.259. The fourth-order valence-corrected chi connectivity index (χ4v) is 1.16. The molecule has 1 aromatic heterocycles. The molecule has 0 bridgehead atoms. The van der Waals surface area contributed by atoms with E-state index in [0.29, 0.717) is 18.5 Å². The molecule has 6 heteroatoms. The predicted molar refractivity (Wildman–Crippen MR) is 72.5 cm³/mol. The number of hydrogen-bond donors (Lipinski definition) is 2. The third-order valence-corrected chi connectivity index (χ3v) is 3.17. The van der Waals surface area contributed by atoms with Crippen LogP contribution in [0.25, 0.3) is 0 Å². The van der Waals surface area contributed by atoms with Gasteiger partial charge in [0.05, 0.1) is 6.61 Å². The second kappa shape index (κ2) is 5.84. The van der Waals surface area contributed by atoms with Crippen LogP contribution in [-0.2, 0) is 0 Å². The summed E-state index contributed by atoms with van der Waals surface area (Å²) in [5.74, 6) is 1.17. The van der Waals surface area contributed by atoms with Gasteiger partial charge in [0, 0.05) is 6.54 Å². The smallest absolute Gasteiger partial charge is 0.323 e. The highest BCUT2D eigenvalue weighted by molar-refractivity contribution is 5.32. The molecule has 0 atom stereocenters. The number of ether oxygens (including phenoxy) is 1. The summed E-state index contributed by atoms with van der Waals surface area (Å²) in [6.07, 6.45) is 0. The fraction of sp³-hybridized carbons (Fsp3) is 0.750. The largest absolute Gasteiger partial charge is 0.464 e. The van der Waals surface area contributed by atoms with Crippen LogP contribution in [0.15, 0.2) is 0 Å². The zero-order chi connectivity index (χ0) is 13.8. The Labute approximate surface area is 108 Å². The Kier molecular flexibility index (Phi) is 4.69. The van der Waals surface area contributed by atoms with Crippen molar-refractivity contribution in [3.05, 3.63) is 0 Å². The van der Waals surface area contributed by atoms with Gasteiger partial charge in [-0.15, -0.1) is 0 Å². The number of rotatable bonds is 6. The van der Waals surface area contributed by atoms with Crippen LogP contribution in [0.5, 0.6) is 6.01 Å². The normalized spacial score (nSPS) is 11.7. The van der Waals surface area contributed by atoms with Gasteiger partial charge in [0.25, 0.3) is 0 Å². The Bertz CT molecular complexity index is 392. The van der Waals surface area contributed by atoms with E-state index in [1.165, 1.54) is 0 Å². The van der Waals surface area contributed by atoms with E-state index in [0.717, 1.165) is 6.54 Å². The van der Waals surface area contributed by atoms with Gasteiger partial charge in [0.15, 0.2) is 0 Å². The van der Waals surface area contributed by atoms with Gasteiger partial charge in [-0.05, 0) is 18.3 Å². The molecule has 1 heterocycles. The molecule has 0 unspecified atom stereocenters. The molecule has 3 N–H and O–H groups in total. The van der Waals surface area contributed by atoms with Crippen molar-refractivity contribution in [1.29, 1.82) is 0 Å². The molecule has 0 aromatic carbocycles. The first kappa shape index (κ1) is 14.5. The molecule has 0 saturated carbocycles. The van der Waals surface area contributed by atoms with Gasteiger partial charge < -0.3 is 15.8 Å². The highest BCUT2D eigenvalue weighted by Gasteiger charge is 2.22. The van der Waals surface area contributed by atoms with Gasteiger partial charge in [-0.1, -0.05) is 27.7 Å². The van der Waals surface area contributed by atoms with Crippen molar-refractivity contribution in [3.8, 4) is 6.01 Å². The monoisotopic (exact) mass is 253 g/mol. The molecule has 0 amide bonds. The van der Waals surface area contributed by atoms with Gasteiger partial charge >= 0.3 is 6.01 Å². The first-order valence-corrected chi connectivity index (χ1v) is 6.23. The lowest BCUT2D eigenvalue weighted by atomic mass is 9.81. The molecule has 6 nitrogen and oxygen atoms in total. The maximum absolute atomic E-state index is 5.61. The predicted octanol–water partition coefficient (Wildman–Crippen LogP) is 1.95. The zero-order valence-electron chi connectivity index (χ0n) is 11.8. The maximum atomic E-state index is 5.61. The summed E-state index contributed by atoms with van der Waals surface area (Å²) in [5.41, 5.74) is 5.75. The van der Waals surface area contributed by atoms with Crippen LogP contribution in [0.3, 0.4) is 0 Å². The minimum Gasteiger partial charge on any atom is -0.464 e. The Balaban J connectivity index is 2.73. The van der Waals surface area contributed by atoms with E-state index in [-0.39, 0.29) is 17.4 Å². The second-order valence-corrected chi connectivity index (χ2v) is 5.23. The number of nitrogens with one attached hydrogen (secondary N) is 1. The summed E-state index contributed by atoms with van der Waals surface area (Å²) in [7, 11) is 0. The number of nitrogens with zero attached hydrogens (tertiary/aromatic N) is 3. The number of nitrogen functional groups attached to an aromatic ring is 1. The first-order chi connectivity index (χ1) is 8.35. The molecule has 0 aliphatic carbocycles. The molecule has 0 saturated heterocycles. The number of anilines is 2. The van der Waals surface area contributed by atoms with Crippen molar-refractivity contribution in [3.63, 3.8) is 0 Å². The van der Waals surface area contributed by atoms with Crippen LogP contribution >= 0.6 is 0 Å². The topological polar surface area (TPSA) is 86.0 Å². The number of nitrogens with two attached hydrogens (primary N) is 1. The van der Waals surface area contributed by atoms with Crippen molar-refractivity contribution >= 4 is 11.9 Å². The Hall–Kier alpha value is -1.59. The van der Waals surface area contributed by atoms with Crippen molar-refractivity contribution in [2.75, 3.05) is 24.2 Å². The number of hydrogen-bond acceptors (Lipinski definition) is 6. The second-order valence-electron chi connectivity index (χ2n) is 5.23. The molecule has 1 aromatic rings. The molecule has 0 radical (unpaired) electrons. The quantitative estimate of drug-likeness (QED) is 0.806. The molecule has 0 aliphatic rings. The van der Waals surface area contributed by atoms with Gasteiger partial charge in [-0.2, -0.15) is 15.0 Å². The van der Waals surface area contributed by atoms with E-state index in [9.17, 15) is 0 Å². The number of aromatic nitrogens is 3. The highest BCUT2D eigenvalue weighted by Crippen LogP contribution is 2.26. The fourth-order valence-electron chi connectivity index (χ4n) is 1.16. The lowest BCUT2D eigenvalue weighted by Gasteiger charge is -2.29. The molecular formula is C12H23N5O. The van der Waals surface area contributed by atoms with Gasteiger partial charge in [-0.25, -0.2) is 0 Å². The van der Waals surface area contributed by atoms with Gasteiger partial charge in [-0.3, -0.25) is 0 Å². The van der Waals surface area contributed by atoms with E-state index in [1.807, 2.05) is 6.92 Å². The van der Waals surface area contributed by atoms with Crippen LogP contribution < -0.4 is 15.8 Å². The maximum Gasteiger partial charge on any atom is 0.323 e. The van der Waals surface area contributed by atoms with E-state index >= 15 is 0 Å². The summed E-state index contributed by atoms with van der Waals surface area (Å²) in [4.78, 5) is 12.1. The van der Waals surface area contributed by atoms with Crippen LogP contribution in [0.1, 0.15) is 34.6 Å². The molecule has 1 rings (SSSR count). The lowest BCUT2D eigenvalue weighted by Crippen LogP contribution is -2.29. The third-order valence-electron chi connectivity index (χ3n) is 3.17. The molecule has 0 aliphatic heterocycles. The van der Waals surface area contributed by atoms with E-state index in [4.69, 9.17) is 10.5 Å². The van der Waals surface area contributed by atoms with Crippen molar-refractivity contribution in [1.82, 2.24) is 15.0 Å². The van der Waals surface area contributed by atoms with Crippen LogP contribution in [0, 0.1) is 11.3 Å². The minimum absolute atomic E-state index is 0.146. The first-order valence-electron chi connectivity index (χ1n) is 6.23. The molecule has 18 heavy (non-hydrogen) atoms. The Morgan fingerprint density at radius 3 is 2.50 bits per heavy atom. The summed E-state index contributed by atoms with van der Waals surface area (Å²) in [6.45, 7) is 11.9. The average Bonchev–Trinajstić information content (AvgIpc) is 2.26. The Morgan fingerprint density at radius 1 is 1.28 bits per heavy atom.